The second-order valence-electron chi connectivity index (χ2n) is 3.40. The average Bonchev–Trinajstić information content (AvgIpc) is 2.32. The lowest BCUT2D eigenvalue weighted by atomic mass is 10.3. The Kier molecular flexibility index (Phi) is 3.15. The van der Waals surface area contributed by atoms with Gasteiger partial charge in [0.2, 0.25) is 5.96 Å². The first kappa shape index (κ1) is 12.0. The maximum Gasteiger partial charge on any atom is 0.276 e. The Bertz CT molecular complexity index is 472. The Morgan fingerprint density at radius 1 is 1.35 bits per heavy atom. The van der Waals surface area contributed by atoms with Gasteiger partial charge in [-0.2, -0.15) is 0 Å². The van der Waals surface area contributed by atoms with Crippen LogP contribution < -0.4 is 11.1 Å². The van der Waals surface area contributed by atoms with Crippen LogP contribution >= 0.6 is 23.4 Å². The van der Waals surface area contributed by atoms with Crippen molar-refractivity contribution in [3.05, 3.63) is 42.2 Å². The summed E-state index contributed by atoms with van der Waals surface area (Å²) in [6.45, 7) is 0. The highest BCUT2D eigenvalue weighted by molar-refractivity contribution is 6.33. The van der Waals surface area contributed by atoms with E-state index in [1.165, 1.54) is 6.20 Å². The minimum atomic E-state index is -1.99. The van der Waals surface area contributed by atoms with Crippen LogP contribution in [0.2, 0.25) is 0 Å². The first-order valence-corrected chi connectivity index (χ1v) is 5.46. The van der Waals surface area contributed by atoms with Gasteiger partial charge >= 0.3 is 0 Å². The maximum absolute atomic E-state index is 9.81. The van der Waals surface area contributed by atoms with Crippen molar-refractivity contribution in [1.82, 2.24) is 4.42 Å². The zero-order valence-corrected chi connectivity index (χ0v) is 10.2. The Balaban J connectivity index is 2.23. The molecule has 1 aromatic rings. The molecule has 0 fully saturated rings. The number of hydrogen-bond donors (Lipinski definition) is 3. The number of rotatable bonds is 1. The van der Waals surface area contributed by atoms with Gasteiger partial charge in [0.25, 0.3) is 5.18 Å². The van der Waals surface area contributed by atoms with Crippen molar-refractivity contribution < 1.29 is 5.11 Å². The minimum Gasteiger partial charge on any atom is -0.396 e. The monoisotopic (exact) mass is 272 g/mol. The van der Waals surface area contributed by atoms with Crippen molar-refractivity contribution >= 4 is 35.0 Å². The number of nitrogens with one attached hydrogen (secondary N) is 1. The van der Waals surface area contributed by atoms with Crippen LogP contribution in [0.15, 0.2) is 47.2 Å². The van der Waals surface area contributed by atoms with Crippen molar-refractivity contribution in [1.29, 1.82) is 0 Å². The summed E-state index contributed by atoms with van der Waals surface area (Å²) in [6.07, 6.45) is 1.25. The molecule has 17 heavy (non-hydrogen) atoms. The molecule has 0 aliphatic carbocycles. The quantitative estimate of drug-likeness (QED) is 0.413. The largest absolute Gasteiger partial charge is 0.396 e. The second kappa shape index (κ2) is 4.44. The van der Waals surface area contributed by atoms with Gasteiger partial charge in [-0.05, 0) is 12.1 Å². The standard InChI is InChI=1S/C10H10Cl2N4O/c11-10(17)8(13)6-14-9(16(10)12)15-7-4-2-1-3-5-7/h1-6,17H,13H2,(H,14,15). The van der Waals surface area contributed by atoms with Crippen molar-refractivity contribution in [3.63, 3.8) is 0 Å². The summed E-state index contributed by atoms with van der Waals surface area (Å²) in [5.41, 5.74) is 6.19. The molecule has 1 aromatic carbocycles. The predicted molar refractivity (Wildman–Crippen MR) is 68.3 cm³/mol. The topological polar surface area (TPSA) is 73.9 Å². The van der Waals surface area contributed by atoms with E-state index in [2.05, 4.69) is 10.3 Å². The fraction of sp³-hybridized carbons (Fsp3) is 0.100. The van der Waals surface area contributed by atoms with Crippen LogP contribution in [-0.2, 0) is 0 Å². The number of aliphatic hydroxyl groups is 1. The van der Waals surface area contributed by atoms with Gasteiger partial charge in [-0.15, -0.1) is 0 Å². The Morgan fingerprint density at radius 3 is 2.65 bits per heavy atom. The van der Waals surface area contributed by atoms with E-state index in [0.29, 0.717) is 0 Å². The van der Waals surface area contributed by atoms with E-state index in [9.17, 15) is 5.11 Å². The number of aliphatic imine (C=N–C) groups is 1. The molecular weight excluding hydrogens is 263 g/mol. The molecule has 5 nitrogen and oxygen atoms in total. The number of alkyl halides is 1. The summed E-state index contributed by atoms with van der Waals surface area (Å²) in [5, 5.41) is 10.7. The lowest BCUT2D eigenvalue weighted by Crippen LogP contribution is -2.49. The zero-order chi connectivity index (χ0) is 12.5. The van der Waals surface area contributed by atoms with Crippen molar-refractivity contribution in [3.8, 4) is 0 Å². The van der Waals surface area contributed by atoms with Gasteiger partial charge in [0.15, 0.2) is 0 Å². The molecule has 2 rings (SSSR count). The lowest BCUT2D eigenvalue weighted by Gasteiger charge is -2.33. The lowest BCUT2D eigenvalue weighted by molar-refractivity contribution is 0.0891. The Labute approximate surface area is 108 Å². The highest BCUT2D eigenvalue weighted by atomic mass is 35.5. The zero-order valence-electron chi connectivity index (χ0n) is 8.64. The van der Waals surface area contributed by atoms with E-state index in [4.69, 9.17) is 29.1 Å². The molecule has 0 saturated heterocycles. The maximum atomic E-state index is 9.81. The molecule has 1 unspecified atom stereocenters. The summed E-state index contributed by atoms with van der Waals surface area (Å²) in [6, 6.07) is 9.22. The van der Waals surface area contributed by atoms with E-state index in [1.54, 1.807) is 0 Å². The molecule has 1 aliphatic rings. The molecule has 90 valence electrons. The SMILES string of the molecule is NC1=CN=C(Nc2ccccc2)N(Cl)C1(O)Cl. The molecule has 4 N–H and O–H groups in total. The number of hydrogen-bond acceptors (Lipinski definition) is 5. The summed E-state index contributed by atoms with van der Waals surface area (Å²) in [4.78, 5) is 3.95. The fourth-order valence-corrected chi connectivity index (χ4v) is 1.56. The first-order valence-electron chi connectivity index (χ1n) is 4.75. The normalized spacial score (nSPS) is 24.1. The molecule has 0 amide bonds. The molecule has 0 bridgehead atoms. The fourth-order valence-electron chi connectivity index (χ4n) is 1.25. The van der Waals surface area contributed by atoms with E-state index >= 15 is 0 Å². The van der Waals surface area contributed by atoms with Crippen LogP contribution in [0.3, 0.4) is 0 Å². The Hall–Kier alpha value is -1.43. The van der Waals surface area contributed by atoms with E-state index in [-0.39, 0.29) is 11.7 Å². The third kappa shape index (κ3) is 2.31. The predicted octanol–water partition coefficient (Wildman–Crippen LogP) is 1.61. The number of guanidine groups is 1. The highest BCUT2D eigenvalue weighted by Gasteiger charge is 2.39. The number of nitrogens with two attached hydrogens (primary N) is 1. The molecule has 0 spiro atoms. The Morgan fingerprint density at radius 2 is 2.00 bits per heavy atom. The van der Waals surface area contributed by atoms with Gasteiger partial charge in [-0.3, -0.25) is 0 Å². The van der Waals surface area contributed by atoms with Gasteiger partial charge in [-0.1, -0.05) is 29.8 Å². The summed E-state index contributed by atoms with van der Waals surface area (Å²) < 4.78 is 0.830. The second-order valence-corrected chi connectivity index (χ2v) is 4.26. The van der Waals surface area contributed by atoms with Gasteiger partial charge in [0, 0.05) is 17.5 Å². The number of nitrogens with zero attached hydrogens (tertiary/aromatic N) is 2. The molecule has 0 saturated carbocycles. The number of anilines is 1. The van der Waals surface area contributed by atoms with E-state index in [0.717, 1.165) is 10.1 Å². The highest BCUT2D eigenvalue weighted by Crippen LogP contribution is 2.29. The van der Waals surface area contributed by atoms with Crippen molar-refractivity contribution in [2.24, 2.45) is 10.7 Å². The van der Waals surface area contributed by atoms with Crippen LogP contribution in [0.5, 0.6) is 0 Å². The molecule has 1 heterocycles. The minimum absolute atomic E-state index is 0.0484. The van der Waals surface area contributed by atoms with Gasteiger partial charge < -0.3 is 16.2 Å². The molecular formula is C10H10Cl2N4O. The van der Waals surface area contributed by atoms with Crippen LogP contribution in [0, 0.1) is 0 Å². The third-order valence-corrected chi connectivity index (χ3v) is 3.05. The molecule has 7 heteroatoms. The van der Waals surface area contributed by atoms with E-state index in [1.807, 2.05) is 30.3 Å². The average molecular weight is 273 g/mol. The third-order valence-electron chi connectivity index (χ3n) is 2.17. The number of benzene rings is 1. The number of halogens is 2. The van der Waals surface area contributed by atoms with Crippen LogP contribution in [0.25, 0.3) is 0 Å². The van der Waals surface area contributed by atoms with Gasteiger partial charge in [0.1, 0.15) is 0 Å². The van der Waals surface area contributed by atoms with E-state index < -0.39 is 5.18 Å². The summed E-state index contributed by atoms with van der Waals surface area (Å²) in [7, 11) is 0. The summed E-state index contributed by atoms with van der Waals surface area (Å²) >= 11 is 11.6. The molecule has 1 aliphatic heterocycles. The van der Waals surface area contributed by atoms with Crippen molar-refractivity contribution in [2.75, 3.05) is 5.32 Å². The summed E-state index contributed by atoms with van der Waals surface area (Å²) in [5.74, 6) is 0.185. The van der Waals surface area contributed by atoms with Gasteiger partial charge in [-0.25, -0.2) is 9.41 Å². The first-order chi connectivity index (χ1) is 8.01. The smallest absolute Gasteiger partial charge is 0.276 e. The van der Waals surface area contributed by atoms with Crippen LogP contribution in [0.1, 0.15) is 0 Å². The van der Waals surface area contributed by atoms with Gasteiger partial charge in [0.05, 0.1) is 11.9 Å². The van der Waals surface area contributed by atoms with Crippen LogP contribution in [0.4, 0.5) is 5.69 Å². The molecule has 1 atom stereocenters. The van der Waals surface area contributed by atoms with Crippen molar-refractivity contribution in [2.45, 2.75) is 5.18 Å². The number of para-hydroxylation sites is 1. The molecule has 0 aromatic heterocycles. The molecule has 0 radical (unpaired) electrons. The van der Waals surface area contributed by atoms with Crippen LogP contribution in [-0.4, -0.2) is 20.7 Å².